The van der Waals surface area contributed by atoms with Gasteiger partial charge in [0.2, 0.25) is 5.88 Å². The third-order valence-electron chi connectivity index (χ3n) is 1.99. The lowest BCUT2D eigenvalue weighted by atomic mass is 10.1. The lowest BCUT2D eigenvalue weighted by Gasteiger charge is -2.10. The fourth-order valence-corrected chi connectivity index (χ4v) is 1.30. The van der Waals surface area contributed by atoms with Crippen LogP contribution < -0.4 is 4.74 Å². The van der Waals surface area contributed by atoms with E-state index in [9.17, 15) is 18.0 Å². The van der Waals surface area contributed by atoms with Crippen molar-refractivity contribution in [3.05, 3.63) is 23.4 Å². The molecule has 0 aliphatic rings. The first-order valence-corrected chi connectivity index (χ1v) is 5.25. The van der Waals surface area contributed by atoms with Gasteiger partial charge in [-0.05, 0) is 12.5 Å². The highest BCUT2D eigenvalue weighted by Gasteiger charge is 2.28. The number of carboxylic acids is 1. The van der Waals surface area contributed by atoms with Gasteiger partial charge < -0.3 is 9.84 Å². The van der Waals surface area contributed by atoms with Crippen molar-refractivity contribution in [2.24, 2.45) is 0 Å². The van der Waals surface area contributed by atoms with Gasteiger partial charge in [0.15, 0.2) is 6.61 Å². The van der Waals surface area contributed by atoms with Gasteiger partial charge in [0.1, 0.15) is 0 Å². The van der Waals surface area contributed by atoms with Gasteiger partial charge in [-0.15, -0.1) is 0 Å². The Hall–Kier alpha value is -1.79. The number of hydrogen-bond donors (Lipinski definition) is 1. The summed E-state index contributed by atoms with van der Waals surface area (Å²) in [5.41, 5.74) is 0.264. The molecule has 1 rings (SSSR count). The largest absolute Gasteiger partial charge is 0.478 e. The van der Waals surface area contributed by atoms with Gasteiger partial charge in [-0.2, -0.15) is 13.2 Å². The van der Waals surface area contributed by atoms with Crippen LogP contribution in [0.1, 0.15) is 29.4 Å². The Morgan fingerprint density at radius 2 is 2.11 bits per heavy atom. The molecular formula is C11H12F3NO3. The molecular weight excluding hydrogens is 251 g/mol. The minimum Gasteiger partial charge on any atom is -0.478 e. The van der Waals surface area contributed by atoms with E-state index in [4.69, 9.17) is 5.11 Å². The van der Waals surface area contributed by atoms with Crippen LogP contribution in [-0.4, -0.2) is 28.8 Å². The Bertz CT molecular complexity index is 432. The predicted molar refractivity (Wildman–Crippen MR) is 56.7 cm³/mol. The number of ether oxygens (including phenoxy) is 1. The Morgan fingerprint density at radius 1 is 1.44 bits per heavy atom. The monoisotopic (exact) mass is 263 g/mol. The molecule has 100 valence electrons. The number of aromatic nitrogens is 1. The molecule has 4 nitrogen and oxygen atoms in total. The van der Waals surface area contributed by atoms with E-state index in [0.29, 0.717) is 18.5 Å². The normalized spacial score (nSPS) is 11.3. The number of carboxylic acid groups (broad SMARTS) is 1. The summed E-state index contributed by atoms with van der Waals surface area (Å²) in [7, 11) is 0. The van der Waals surface area contributed by atoms with E-state index in [1.54, 1.807) is 0 Å². The quantitative estimate of drug-likeness (QED) is 0.887. The molecule has 0 atom stereocenters. The van der Waals surface area contributed by atoms with Crippen LogP contribution in [0.4, 0.5) is 13.2 Å². The van der Waals surface area contributed by atoms with Crippen molar-refractivity contribution < 1.29 is 27.8 Å². The van der Waals surface area contributed by atoms with Crippen LogP contribution in [0.2, 0.25) is 0 Å². The maximum absolute atomic E-state index is 12.0. The summed E-state index contributed by atoms with van der Waals surface area (Å²) in [6, 6.07) is 2.31. The molecule has 7 heteroatoms. The minimum absolute atomic E-state index is 0.134. The Balaban J connectivity index is 2.92. The number of carbonyl (C=O) groups is 1. The molecule has 1 aromatic heterocycles. The van der Waals surface area contributed by atoms with Crippen LogP contribution in [-0.2, 0) is 6.42 Å². The molecule has 1 aromatic rings. The first-order chi connectivity index (χ1) is 8.31. The van der Waals surface area contributed by atoms with E-state index in [-0.39, 0.29) is 11.4 Å². The first-order valence-electron chi connectivity index (χ1n) is 5.25. The number of nitrogens with zero attached hydrogens (tertiary/aromatic N) is 1. The fraction of sp³-hybridized carbons (Fsp3) is 0.455. The number of alkyl halides is 3. The van der Waals surface area contributed by atoms with E-state index in [1.165, 1.54) is 6.07 Å². The van der Waals surface area contributed by atoms with Gasteiger partial charge in [0, 0.05) is 11.8 Å². The summed E-state index contributed by atoms with van der Waals surface area (Å²) in [6.45, 7) is 0.361. The number of aromatic carboxylic acids is 1. The number of aryl methyl sites for hydroxylation is 1. The number of halogens is 3. The molecule has 0 unspecified atom stereocenters. The molecule has 0 saturated carbocycles. The molecule has 0 aliphatic carbocycles. The molecule has 0 bridgehead atoms. The topological polar surface area (TPSA) is 59.4 Å². The second-order valence-electron chi connectivity index (χ2n) is 3.64. The maximum atomic E-state index is 12.0. The lowest BCUT2D eigenvalue weighted by molar-refractivity contribution is -0.154. The molecule has 0 fully saturated rings. The molecule has 0 spiro atoms. The second-order valence-corrected chi connectivity index (χ2v) is 3.64. The van der Waals surface area contributed by atoms with Gasteiger partial charge in [-0.3, -0.25) is 0 Å². The highest BCUT2D eigenvalue weighted by atomic mass is 19.4. The number of hydrogen-bond acceptors (Lipinski definition) is 3. The summed E-state index contributed by atoms with van der Waals surface area (Å²) < 4.78 is 40.4. The molecule has 1 heterocycles. The minimum atomic E-state index is -4.48. The maximum Gasteiger partial charge on any atom is 0.422 e. The fourth-order valence-electron chi connectivity index (χ4n) is 1.30. The van der Waals surface area contributed by atoms with Crippen LogP contribution in [0.3, 0.4) is 0 Å². The zero-order valence-corrected chi connectivity index (χ0v) is 9.62. The zero-order valence-electron chi connectivity index (χ0n) is 9.62. The van der Waals surface area contributed by atoms with Crippen molar-refractivity contribution in [1.82, 2.24) is 4.98 Å². The number of rotatable bonds is 5. The SMILES string of the molecule is CCCc1cc(C(=O)O)cc(OCC(F)(F)F)n1. The van der Waals surface area contributed by atoms with Crippen LogP contribution in [0.25, 0.3) is 0 Å². The van der Waals surface area contributed by atoms with Crippen molar-refractivity contribution in [2.75, 3.05) is 6.61 Å². The first kappa shape index (κ1) is 14.3. The van der Waals surface area contributed by atoms with Crippen molar-refractivity contribution in [2.45, 2.75) is 25.9 Å². The van der Waals surface area contributed by atoms with Gasteiger partial charge in [-0.25, -0.2) is 9.78 Å². The van der Waals surface area contributed by atoms with Gasteiger partial charge in [0.25, 0.3) is 0 Å². The van der Waals surface area contributed by atoms with Crippen LogP contribution in [0.15, 0.2) is 12.1 Å². The van der Waals surface area contributed by atoms with Crippen LogP contribution in [0, 0.1) is 0 Å². The second kappa shape index (κ2) is 5.70. The predicted octanol–water partition coefficient (Wildman–Crippen LogP) is 2.67. The summed E-state index contributed by atoms with van der Waals surface area (Å²) >= 11 is 0. The third-order valence-corrected chi connectivity index (χ3v) is 1.99. The van der Waals surface area contributed by atoms with Crippen molar-refractivity contribution in [3.8, 4) is 5.88 Å². The van der Waals surface area contributed by atoms with E-state index < -0.39 is 18.8 Å². The van der Waals surface area contributed by atoms with Crippen molar-refractivity contribution in [1.29, 1.82) is 0 Å². The average molecular weight is 263 g/mol. The molecule has 0 saturated heterocycles. The molecule has 0 amide bonds. The highest BCUT2D eigenvalue weighted by Crippen LogP contribution is 2.19. The lowest BCUT2D eigenvalue weighted by Crippen LogP contribution is -2.20. The van der Waals surface area contributed by atoms with E-state index in [0.717, 1.165) is 6.07 Å². The molecule has 18 heavy (non-hydrogen) atoms. The van der Waals surface area contributed by atoms with E-state index in [1.807, 2.05) is 6.92 Å². The average Bonchev–Trinajstić information content (AvgIpc) is 2.25. The summed E-state index contributed by atoms with van der Waals surface area (Å²) in [4.78, 5) is 14.6. The Morgan fingerprint density at radius 3 is 2.61 bits per heavy atom. The molecule has 1 N–H and O–H groups in total. The molecule has 0 aliphatic heterocycles. The number of pyridine rings is 1. The summed E-state index contributed by atoms with van der Waals surface area (Å²) in [5.74, 6) is -1.55. The van der Waals surface area contributed by atoms with E-state index in [2.05, 4.69) is 9.72 Å². The van der Waals surface area contributed by atoms with E-state index >= 15 is 0 Å². The molecule has 0 radical (unpaired) electrons. The molecule has 0 aromatic carbocycles. The van der Waals surface area contributed by atoms with Crippen molar-refractivity contribution in [3.63, 3.8) is 0 Å². The standard InChI is InChI=1S/C11H12F3NO3/c1-2-3-8-4-7(10(16)17)5-9(15-8)18-6-11(12,13)14/h4-5H,2-3,6H2,1H3,(H,16,17). The highest BCUT2D eigenvalue weighted by molar-refractivity contribution is 5.88. The Kier molecular flexibility index (Phi) is 4.52. The van der Waals surface area contributed by atoms with Crippen LogP contribution >= 0.6 is 0 Å². The van der Waals surface area contributed by atoms with Gasteiger partial charge >= 0.3 is 12.1 Å². The van der Waals surface area contributed by atoms with Crippen molar-refractivity contribution >= 4 is 5.97 Å². The smallest absolute Gasteiger partial charge is 0.422 e. The van der Waals surface area contributed by atoms with Gasteiger partial charge in [-0.1, -0.05) is 13.3 Å². The Labute approximate surface area is 101 Å². The summed E-state index contributed by atoms with van der Waals surface area (Å²) in [6.07, 6.45) is -3.30. The third kappa shape index (κ3) is 4.60. The summed E-state index contributed by atoms with van der Waals surface area (Å²) in [5, 5.41) is 8.82. The van der Waals surface area contributed by atoms with Gasteiger partial charge in [0.05, 0.1) is 5.56 Å². The van der Waals surface area contributed by atoms with Crippen LogP contribution in [0.5, 0.6) is 5.88 Å². The zero-order chi connectivity index (χ0) is 13.8.